The Labute approximate surface area is 216 Å². The van der Waals surface area contributed by atoms with E-state index in [0.717, 1.165) is 28.5 Å². The van der Waals surface area contributed by atoms with Gasteiger partial charge in [0.05, 0.1) is 12.6 Å². The first kappa shape index (κ1) is 25.9. The van der Waals surface area contributed by atoms with Crippen molar-refractivity contribution in [1.29, 1.82) is 0 Å². The molecular formula is C29H33N5O3. The molecule has 0 aliphatic heterocycles. The monoisotopic (exact) mass is 499 g/mol. The summed E-state index contributed by atoms with van der Waals surface area (Å²) >= 11 is 0. The average Bonchev–Trinajstić information content (AvgIpc) is 3.20. The highest BCUT2D eigenvalue weighted by molar-refractivity contribution is 6.10. The van der Waals surface area contributed by atoms with Crippen molar-refractivity contribution in [2.45, 2.75) is 40.3 Å². The number of aromatic nitrogens is 1. The lowest BCUT2D eigenvalue weighted by atomic mass is 10.1. The summed E-state index contributed by atoms with van der Waals surface area (Å²) in [5.41, 5.74) is 4.30. The number of carbonyl (C=O) groups is 3. The number of aryl methyl sites for hydroxylation is 1. The van der Waals surface area contributed by atoms with Gasteiger partial charge in [-0.15, -0.1) is 0 Å². The summed E-state index contributed by atoms with van der Waals surface area (Å²) in [6, 6.07) is 20.6. The van der Waals surface area contributed by atoms with Crippen molar-refractivity contribution >= 4 is 56.6 Å². The van der Waals surface area contributed by atoms with Gasteiger partial charge in [-0.1, -0.05) is 25.1 Å². The maximum atomic E-state index is 13.1. The normalized spacial score (nSPS) is 12.0. The molecule has 192 valence electrons. The lowest BCUT2D eigenvalue weighted by Crippen LogP contribution is -2.45. The van der Waals surface area contributed by atoms with E-state index in [1.54, 1.807) is 31.2 Å². The van der Waals surface area contributed by atoms with Gasteiger partial charge in [-0.05, 0) is 68.9 Å². The first-order chi connectivity index (χ1) is 17.8. The van der Waals surface area contributed by atoms with Crippen LogP contribution >= 0.6 is 0 Å². The Bertz CT molecular complexity index is 1440. The molecule has 0 aliphatic rings. The van der Waals surface area contributed by atoms with E-state index in [-0.39, 0.29) is 24.3 Å². The van der Waals surface area contributed by atoms with E-state index >= 15 is 0 Å². The lowest BCUT2D eigenvalue weighted by molar-refractivity contribution is -0.123. The summed E-state index contributed by atoms with van der Waals surface area (Å²) in [5.74, 6) is -0.550. The van der Waals surface area contributed by atoms with Crippen LogP contribution in [-0.2, 0) is 20.9 Å². The van der Waals surface area contributed by atoms with Crippen molar-refractivity contribution in [2.24, 2.45) is 0 Å². The van der Waals surface area contributed by atoms with E-state index in [9.17, 15) is 14.4 Å². The van der Waals surface area contributed by atoms with Gasteiger partial charge >= 0.3 is 0 Å². The maximum absolute atomic E-state index is 13.1. The minimum absolute atomic E-state index is 0.0710. The molecule has 1 atom stereocenters. The Morgan fingerprint density at radius 3 is 2.08 bits per heavy atom. The van der Waals surface area contributed by atoms with Crippen LogP contribution in [0.15, 0.2) is 66.7 Å². The molecule has 0 spiro atoms. The number of nitrogens with one attached hydrogen (secondary N) is 3. The number of anilines is 3. The van der Waals surface area contributed by atoms with Crippen LogP contribution in [0.4, 0.5) is 17.1 Å². The molecule has 0 aliphatic carbocycles. The maximum Gasteiger partial charge on any atom is 0.241 e. The summed E-state index contributed by atoms with van der Waals surface area (Å²) in [5, 5.41) is 10.8. The average molecular weight is 500 g/mol. The van der Waals surface area contributed by atoms with Crippen LogP contribution < -0.4 is 16.0 Å². The molecule has 1 heterocycles. The number of hydrogen-bond donors (Lipinski definition) is 3. The fourth-order valence-electron chi connectivity index (χ4n) is 4.63. The number of fused-ring (bicyclic) bond motifs is 3. The van der Waals surface area contributed by atoms with Crippen LogP contribution in [0.3, 0.4) is 0 Å². The number of amides is 3. The predicted molar refractivity (Wildman–Crippen MR) is 150 cm³/mol. The van der Waals surface area contributed by atoms with Crippen LogP contribution in [-0.4, -0.2) is 46.3 Å². The molecule has 0 fully saturated rings. The van der Waals surface area contributed by atoms with Crippen LogP contribution in [0.5, 0.6) is 0 Å². The summed E-state index contributed by atoms with van der Waals surface area (Å²) in [6.07, 6.45) is 0. The third kappa shape index (κ3) is 5.81. The fraction of sp³-hybridized carbons (Fsp3) is 0.276. The largest absolute Gasteiger partial charge is 0.341 e. The number of rotatable bonds is 9. The van der Waals surface area contributed by atoms with E-state index < -0.39 is 6.04 Å². The number of nitrogens with zero attached hydrogens (tertiary/aromatic N) is 2. The molecule has 0 bridgehead atoms. The molecule has 4 rings (SSSR count). The number of carbonyl (C=O) groups excluding carboxylic acids is 3. The Morgan fingerprint density at radius 2 is 1.43 bits per heavy atom. The Balaban J connectivity index is 1.42. The first-order valence-electron chi connectivity index (χ1n) is 12.5. The van der Waals surface area contributed by atoms with Crippen LogP contribution in [0.25, 0.3) is 21.8 Å². The van der Waals surface area contributed by atoms with Gasteiger partial charge in [-0.25, -0.2) is 0 Å². The second kappa shape index (κ2) is 11.3. The standard InChI is InChI=1S/C29H33N5O3/c1-5-33(18-28(36)31-22-13-11-21(12-14-22)30-20(4)35)19(3)29(37)32-23-15-16-27-25(17-23)24-9-7-8-10-26(24)34(27)6-2/h7-17,19H,5-6,18H2,1-4H3,(H,30,35)(H,31,36)(H,32,37). The molecular weight excluding hydrogens is 466 g/mol. The summed E-state index contributed by atoms with van der Waals surface area (Å²) in [7, 11) is 0. The van der Waals surface area contributed by atoms with Crippen molar-refractivity contribution in [3.8, 4) is 0 Å². The van der Waals surface area contributed by atoms with Crippen molar-refractivity contribution in [3.05, 3.63) is 66.7 Å². The number of para-hydroxylation sites is 1. The molecule has 3 N–H and O–H groups in total. The second-order valence-corrected chi connectivity index (χ2v) is 9.03. The van der Waals surface area contributed by atoms with Crippen LogP contribution in [0, 0.1) is 0 Å². The van der Waals surface area contributed by atoms with Crippen molar-refractivity contribution in [3.63, 3.8) is 0 Å². The molecule has 3 amide bonds. The van der Waals surface area contributed by atoms with Crippen LogP contribution in [0.2, 0.25) is 0 Å². The van der Waals surface area contributed by atoms with E-state index in [1.807, 2.05) is 42.2 Å². The van der Waals surface area contributed by atoms with E-state index in [0.29, 0.717) is 17.9 Å². The lowest BCUT2D eigenvalue weighted by Gasteiger charge is -2.26. The molecule has 8 nitrogen and oxygen atoms in total. The first-order valence-corrected chi connectivity index (χ1v) is 12.5. The van der Waals surface area contributed by atoms with E-state index in [4.69, 9.17) is 0 Å². The van der Waals surface area contributed by atoms with Gasteiger partial charge in [-0.2, -0.15) is 0 Å². The highest BCUT2D eigenvalue weighted by Crippen LogP contribution is 2.31. The fourth-order valence-corrected chi connectivity index (χ4v) is 4.63. The smallest absolute Gasteiger partial charge is 0.241 e. The topological polar surface area (TPSA) is 95.5 Å². The van der Waals surface area contributed by atoms with Gasteiger partial charge in [0.1, 0.15) is 0 Å². The minimum atomic E-state index is -0.509. The van der Waals surface area contributed by atoms with Gasteiger partial charge in [0.2, 0.25) is 17.7 Å². The van der Waals surface area contributed by atoms with Gasteiger partial charge in [0, 0.05) is 52.3 Å². The Kier molecular flexibility index (Phi) is 7.89. The molecule has 0 saturated heterocycles. The molecule has 3 aromatic carbocycles. The van der Waals surface area contributed by atoms with Crippen LogP contribution in [0.1, 0.15) is 27.7 Å². The molecule has 8 heteroatoms. The molecule has 1 aromatic heterocycles. The zero-order valence-corrected chi connectivity index (χ0v) is 21.7. The number of hydrogen-bond acceptors (Lipinski definition) is 4. The van der Waals surface area contributed by atoms with Crippen molar-refractivity contribution in [1.82, 2.24) is 9.47 Å². The molecule has 0 saturated carbocycles. The van der Waals surface area contributed by atoms with E-state index in [2.05, 4.69) is 39.6 Å². The zero-order chi connectivity index (χ0) is 26.5. The number of likely N-dealkylation sites (N-methyl/N-ethyl adjacent to an activating group) is 1. The molecule has 37 heavy (non-hydrogen) atoms. The predicted octanol–water partition coefficient (Wildman–Crippen LogP) is 5.06. The highest BCUT2D eigenvalue weighted by atomic mass is 16.2. The third-order valence-electron chi connectivity index (χ3n) is 6.53. The van der Waals surface area contributed by atoms with Gasteiger partial charge in [0.15, 0.2) is 0 Å². The summed E-state index contributed by atoms with van der Waals surface area (Å²) < 4.78 is 2.27. The van der Waals surface area contributed by atoms with Crippen molar-refractivity contribution < 1.29 is 14.4 Å². The highest BCUT2D eigenvalue weighted by Gasteiger charge is 2.23. The van der Waals surface area contributed by atoms with Crippen molar-refractivity contribution in [2.75, 3.05) is 29.0 Å². The van der Waals surface area contributed by atoms with Gasteiger partial charge in [-0.3, -0.25) is 19.3 Å². The second-order valence-electron chi connectivity index (χ2n) is 9.03. The molecule has 4 aromatic rings. The number of benzene rings is 3. The van der Waals surface area contributed by atoms with E-state index in [1.165, 1.54) is 12.4 Å². The summed E-state index contributed by atoms with van der Waals surface area (Å²) in [4.78, 5) is 38.8. The van der Waals surface area contributed by atoms with Gasteiger partial charge < -0.3 is 20.5 Å². The Hall–Kier alpha value is -4.17. The third-order valence-corrected chi connectivity index (χ3v) is 6.53. The zero-order valence-electron chi connectivity index (χ0n) is 21.7. The quantitative estimate of drug-likeness (QED) is 0.300. The molecule has 1 unspecified atom stereocenters. The Morgan fingerprint density at radius 1 is 0.811 bits per heavy atom. The SMILES string of the molecule is CCN(CC(=O)Nc1ccc(NC(C)=O)cc1)C(C)C(=O)Nc1ccc2c(c1)c1ccccc1n2CC. The van der Waals surface area contributed by atoms with Gasteiger partial charge in [0.25, 0.3) is 0 Å². The minimum Gasteiger partial charge on any atom is -0.341 e. The molecule has 0 radical (unpaired) electrons. The summed E-state index contributed by atoms with van der Waals surface area (Å²) in [6.45, 7) is 8.75.